The number of ether oxygens (including phenoxy) is 2. The summed E-state index contributed by atoms with van der Waals surface area (Å²) in [6.45, 7) is 3.99. The molecule has 0 aliphatic carbocycles. The summed E-state index contributed by atoms with van der Waals surface area (Å²) in [5.41, 5.74) is 3.41. The predicted molar refractivity (Wildman–Crippen MR) is 136 cm³/mol. The quantitative estimate of drug-likeness (QED) is 0.341. The van der Waals surface area contributed by atoms with Gasteiger partial charge in [0, 0.05) is 10.0 Å². The van der Waals surface area contributed by atoms with Crippen molar-refractivity contribution in [3.63, 3.8) is 0 Å². The third-order valence-electron chi connectivity index (χ3n) is 5.55. The zero-order chi connectivity index (χ0) is 25.1. The maximum atomic E-state index is 13.2. The molecule has 1 aliphatic heterocycles. The van der Waals surface area contributed by atoms with Crippen LogP contribution in [0.3, 0.4) is 0 Å². The molecule has 0 saturated carbocycles. The molecule has 4 amide bonds. The van der Waals surface area contributed by atoms with Crippen molar-refractivity contribution in [1.29, 1.82) is 0 Å². The molecule has 178 valence electrons. The number of benzene rings is 3. The van der Waals surface area contributed by atoms with Crippen molar-refractivity contribution in [2.75, 3.05) is 12.0 Å². The van der Waals surface area contributed by atoms with Gasteiger partial charge in [-0.05, 0) is 60.9 Å². The standard InChI is InChI=1S/C27H23BrN2O5/c1-16-8-9-17(2)22(12-16)30-26(32)20(25(31)29-27(30)33)13-18-10-11-23(24(14-18)34-3)35-15-19-6-4-5-7-21(19)28/h4-14H,15H2,1-3H3,(H,29,31,33)/b20-13+. The lowest BCUT2D eigenvalue weighted by molar-refractivity contribution is -0.122. The minimum Gasteiger partial charge on any atom is -0.493 e. The number of imide groups is 2. The number of carbonyl (C=O) groups is 3. The number of amides is 4. The number of rotatable bonds is 6. The first-order chi connectivity index (χ1) is 16.8. The average molecular weight is 535 g/mol. The molecule has 1 saturated heterocycles. The molecule has 0 radical (unpaired) electrons. The van der Waals surface area contributed by atoms with Gasteiger partial charge >= 0.3 is 6.03 Å². The van der Waals surface area contributed by atoms with Crippen LogP contribution in [0.25, 0.3) is 6.08 Å². The Kier molecular flexibility index (Phi) is 7.02. The highest BCUT2D eigenvalue weighted by atomic mass is 79.9. The van der Waals surface area contributed by atoms with E-state index in [1.54, 1.807) is 31.2 Å². The second kappa shape index (κ2) is 10.1. The Morgan fingerprint density at radius 1 is 0.971 bits per heavy atom. The van der Waals surface area contributed by atoms with E-state index in [1.807, 2.05) is 43.3 Å². The summed E-state index contributed by atoms with van der Waals surface area (Å²) in [6, 6.07) is 17.5. The minimum absolute atomic E-state index is 0.158. The fourth-order valence-electron chi connectivity index (χ4n) is 3.67. The molecule has 3 aromatic rings. The van der Waals surface area contributed by atoms with Crippen LogP contribution in [0.1, 0.15) is 22.3 Å². The van der Waals surface area contributed by atoms with Crippen molar-refractivity contribution < 1.29 is 23.9 Å². The Labute approximate surface area is 211 Å². The molecule has 1 aliphatic rings. The summed E-state index contributed by atoms with van der Waals surface area (Å²) in [4.78, 5) is 39.3. The molecule has 0 spiro atoms. The topological polar surface area (TPSA) is 84.9 Å². The summed E-state index contributed by atoms with van der Waals surface area (Å²) in [5.74, 6) is -0.495. The molecular weight excluding hydrogens is 512 g/mol. The molecule has 1 heterocycles. The summed E-state index contributed by atoms with van der Waals surface area (Å²) >= 11 is 3.50. The molecule has 7 nitrogen and oxygen atoms in total. The number of methoxy groups -OCH3 is 1. The molecule has 0 aromatic heterocycles. The average Bonchev–Trinajstić information content (AvgIpc) is 2.83. The second-order valence-corrected chi connectivity index (χ2v) is 8.89. The van der Waals surface area contributed by atoms with E-state index in [9.17, 15) is 14.4 Å². The zero-order valence-electron chi connectivity index (χ0n) is 19.4. The van der Waals surface area contributed by atoms with Crippen molar-refractivity contribution in [2.45, 2.75) is 20.5 Å². The molecule has 0 unspecified atom stereocenters. The lowest BCUT2D eigenvalue weighted by Crippen LogP contribution is -2.54. The fraction of sp³-hybridized carbons (Fsp3) is 0.148. The third kappa shape index (κ3) is 5.12. The predicted octanol–water partition coefficient (Wildman–Crippen LogP) is 5.32. The van der Waals surface area contributed by atoms with E-state index in [1.165, 1.54) is 13.2 Å². The molecule has 0 bridgehead atoms. The molecule has 1 N–H and O–H groups in total. The van der Waals surface area contributed by atoms with Crippen LogP contribution in [0, 0.1) is 13.8 Å². The number of barbiturate groups is 1. The van der Waals surface area contributed by atoms with Gasteiger partial charge in [0.1, 0.15) is 12.2 Å². The van der Waals surface area contributed by atoms with Crippen molar-refractivity contribution in [2.24, 2.45) is 0 Å². The number of halogens is 1. The molecule has 8 heteroatoms. The Morgan fingerprint density at radius 2 is 1.74 bits per heavy atom. The summed E-state index contributed by atoms with van der Waals surface area (Å²) in [5, 5.41) is 2.26. The summed E-state index contributed by atoms with van der Waals surface area (Å²) in [6.07, 6.45) is 1.43. The van der Waals surface area contributed by atoms with Crippen LogP contribution in [0.2, 0.25) is 0 Å². The van der Waals surface area contributed by atoms with E-state index in [4.69, 9.17) is 9.47 Å². The van der Waals surface area contributed by atoms with E-state index >= 15 is 0 Å². The normalized spacial score (nSPS) is 14.8. The second-order valence-electron chi connectivity index (χ2n) is 8.04. The van der Waals surface area contributed by atoms with Crippen molar-refractivity contribution in [3.8, 4) is 11.5 Å². The monoisotopic (exact) mass is 534 g/mol. The molecule has 1 fully saturated rings. The first-order valence-corrected chi connectivity index (χ1v) is 11.6. The Hall–Kier alpha value is -3.91. The Balaban J connectivity index is 1.62. The highest BCUT2D eigenvalue weighted by Crippen LogP contribution is 2.31. The number of urea groups is 1. The molecule has 35 heavy (non-hydrogen) atoms. The van der Waals surface area contributed by atoms with E-state index < -0.39 is 17.8 Å². The number of hydrogen-bond acceptors (Lipinski definition) is 5. The lowest BCUT2D eigenvalue weighted by atomic mass is 10.0. The highest BCUT2D eigenvalue weighted by Gasteiger charge is 2.37. The number of anilines is 1. The minimum atomic E-state index is -0.778. The first-order valence-electron chi connectivity index (χ1n) is 10.8. The SMILES string of the molecule is COc1cc(/C=C2\C(=O)NC(=O)N(c3cc(C)ccc3C)C2=O)ccc1OCc1ccccc1Br. The van der Waals surface area contributed by atoms with Crippen LogP contribution in [0.5, 0.6) is 11.5 Å². The summed E-state index contributed by atoms with van der Waals surface area (Å²) < 4.78 is 12.3. The third-order valence-corrected chi connectivity index (χ3v) is 6.32. The number of nitrogens with one attached hydrogen (secondary N) is 1. The van der Waals surface area contributed by atoms with Gasteiger partial charge in [-0.25, -0.2) is 9.69 Å². The van der Waals surface area contributed by atoms with Crippen LogP contribution in [0.4, 0.5) is 10.5 Å². The van der Waals surface area contributed by atoms with Crippen molar-refractivity contribution in [3.05, 3.63) is 93.0 Å². The first kappa shape index (κ1) is 24.2. The van der Waals surface area contributed by atoms with Gasteiger partial charge < -0.3 is 9.47 Å². The van der Waals surface area contributed by atoms with Gasteiger partial charge in [0.15, 0.2) is 11.5 Å². The van der Waals surface area contributed by atoms with Gasteiger partial charge in [0.05, 0.1) is 12.8 Å². The Morgan fingerprint density at radius 3 is 2.49 bits per heavy atom. The number of hydrogen-bond donors (Lipinski definition) is 1. The summed E-state index contributed by atoms with van der Waals surface area (Å²) in [7, 11) is 1.51. The van der Waals surface area contributed by atoms with E-state index in [-0.39, 0.29) is 5.57 Å². The van der Waals surface area contributed by atoms with Gasteiger partial charge in [0.2, 0.25) is 0 Å². The maximum absolute atomic E-state index is 13.2. The molecule has 4 rings (SSSR count). The highest BCUT2D eigenvalue weighted by molar-refractivity contribution is 9.10. The van der Waals surface area contributed by atoms with Gasteiger partial charge in [-0.1, -0.05) is 52.3 Å². The van der Waals surface area contributed by atoms with E-state index in [0.29, 0.717) is 29.4 Å². The molecule has 0 atom stereocenters. The van der Waals surface area contributed by atoms with Crippen LogP contribution in [-0.2, 0) is 16.2 Å². The van der Waals surface area contributed by atoms with Gasteiger partial charge in [-0.3, -0.25) is 14.9 Å². The number of carbonyl (C=O) groups excluding carboxylic acids is 3. The van der Waals surface area contributed by atoms with E-state index in [2.05, 4.69) is 21.2 Å². The van der Waals surface area contributed by atoms with Gasteiger partial charge in [0.25, 0.3) is 11.8 Å². The van der Waals surface area contributed by atoms with Crippen LogP contribution in [-0.4, -0.2) is 25.0 Å². The van der Waals surface area contributed by atoms with Gasteiger partial charge in [-0.2, -0.15) is 0 Å². The van der Waals surface area contributed by atoms with Crippen LogP contribution < -0.4 is 19.7 Å². The van der Waals surface area contributed by atoms with E-state index in [0.717, 1.165) is 26.1 Å². The molecule has 3 aromatic carbocycles. The largest absolute Gasteiger partial charge is 0.493 e. The van der Waals surface area contributed by atoms with Crippen LogP contribution >= 0.6 is 15.9 Å². The van der Waals surface area contributed by atoms with Crippen molar-refractivity contribution in [1.82, 2.24) is 5.32 Å². The smallest absolute Gasteiger partial charge is 0.335 e. The van der Waals surface area contributed by atoms with Crippen LogP contribution in [0.15, 0.2) is 70.7 Å². The van der Waals surface area contributed by atoms with Crippen molar-refractivity contribution >= 4 is 45.5 Å². The fourth-order valence-corrected chi connectivity index (χ4v) is 4.07. The lowest BCUT2D eigenvalue weighted by Gasteiger charge is -2.27. The maximum Gasteiger partial charge on any atom is 0.335 e. The number of aryl methyl sites for hydroxylation is 2. The van der Waals surface area contributed by atoms with Gasteiger partial charge in [-0.15, -0.1) is 0 Å². The number of nitrogens with zero attached hydrogens (tertiary/aromatic N) is 1. The zero-order valence-corrected chi connectivity index (χ0v) is 21.0. The Bertz CT molecular complexity index is 1370. The molecular formula is C27H23BrN2O5.